The number of rotatable bonds is 4. The van der Waals surface area contributed by atoms with Crippen LogP contribution in [0, 0.1) is 0 Å². The molecule has 0 bridgehead atoms. The van der Waals surface area contributed by atoms with E-state index in [-0.39, 0.29) is 18.5 Å². The molecule has 0 aromatic heterocycles. The summed E-state index contributed by atoms with van der Waals surface area (Å²) in [5, 5.41) is 0. The van der Waals surface area contributed by atoms with Crippen molar-refractivity contribution in [3.63, 3.8) is 0 Å². The molecule has 150 valence electrons. The molecule has 4 nitrogen and oxygen atoms in total. The summed E-state index contributed by atoms with van der Waals surface area (Å²) in [7, 11) is -0.884. The summed E-state index contributed by atoms with van der Waals surface area (Å²) < 4.78 is 63.1. The van der Waals surface area contributed by atoms with Gasteiger partial charge in [-0.25, -0.2) is 0 Å². The van der Waals surface area contributed by atoms with Gasteiger partial charge in [0.25, 0.3) is 0 Å². The van der Waals surface area contributed by atoms with Crippen molar-refractivity contribution in [2.45, 2.75) is 70.4 Å². The van der Waals surface area contributed by atoms with Crippen LogP contribution in [0.2, 0.25) is 0 Å². The molecule has 2 fully saturated rings. The lowest BCUT2D eigenvalue weighted by Crippen LogP contribution is -2.41. The van der Waals surface area contributed by atoms with Gasteiger partial charge in [0, 0.05) is 6.61 Å². The minimum absolute atomic E-state index is 0.0893. The van der Waals surface area contributed by atoms with Gasteiger partial charge in [0.1, 0.15) is 12.4 Å². The summed E-state index contributed by atoms with van der Waals surface area (Å²) >= 11 is 0. The summed E-state index contributed by atoms with van der Waals surface area (Å²) in [4.78, 5) is 0. The van der Waals surface area contributed by atoms with E-state index in [1.807, 2.05) is 27.7 Å². The van der Waals surface area contributed by atoms with Crippen molar-refractivity contribution in [1.29, 1.82) is 0 Å². The van der Waals surface area contributed by atoms with Crippen LogP contribution in [0.4, 0.5) is 13.2 Å². The molecule has 0 radical (unpaired) electrons. The van der Waals surface area contributed by atoms with Crippen molar-refractivity contribution in [3.8, 4) is 5.75 Å². The molecule has 2 aliphatic heterocycles. The number of hydrogen-bond donors (Lipinski definition) is 0. The summed E-state index contributed by atoms with van der Waals surface area (Å²) in [6.45, 7) is 8.33. The van der Waals surface area contributed by atoms with E-state index >= 15 is 0 Å². The minimum Gasteiger partial charge on any atom is -0.491 e. The van der Waals surface area contributed by atoms with Crippen LogP contribution >= 0.6 is 0 Å². The van der Waals surface area contributed by atoms with Crippen molar-refractivity contribution in [3.05, 3.63) is 23.8 Å². The largest absolute Gasteiger partial charge is 0.494 e. The predicted molar refractivity (Wildman–Crippen MR) is 96.2 cm³/mol. The lowest BCUT2D eigenvalue weighted by Gasteiger charge is -2.32. The second kappa shape index (κ2) is 7.30. The average molecular weight is 386 g/mol. The standard InChI is InChI=1S/C19H26BF3O4/c1-17(2)18(3,4)27-20(26-17)14-9-13(19(21,22)23)10-16(11-14)25-12-15-7-5-6-8-24-15/h9-11,15H,5-8,12H2,1-4H3. The van der Waals surface area contributed by atoms with E-state index in [0.29, 0.717) is 12.1 Å². The van der Waals surface area contributed by atoms with Crippen LogP contribution in [0.15, 0.2) is 18.2 Å². The number of benzene rings is 1. The maximum Gasteiger partial charge on any atom is 0.494 e. The molecule has 0 spiro atoms. The molecule has 3 rings (SSSR count). The number of ether oxygens (including phenoxy) is 2. The molecule has 1 aromatic carbocycles. The van der Waals surface area contributed by atoms with E-state index in [4.69, 9.17) is 18.8 Å². The van der Waals surface area contributed by atoms with Crippen molar-refractivity contribution in [1.82, 2.24) is 0 Å². The van der Waals surface area contributed by atoms with Crippen LogP contribution in [0.3, 0.4) is 0 Å². The molecule has 0 N–H and O–H groups in total. The highest BCUT2D eigenvalue weighted by molar-refractivity contribution is 6.62. The Bertz CT molecular complexity index is 653. The monoisotopic (exact) mass is 386 g/mol. The summed E-state index contributed by atoms with van der Waals surface area (Å²) in [5.41, 5.74) is -1.76. The van der Waals surface area contributed by atoms with Gasteiger partial charge in [-0.3, -0.25) is 0 Å². The first-order valence-corrected chi connectivity index (χ1v) is 9.30. The summed E-state index contributed by atoms with van der Waals surface area (Å²) in [6, 6.07) is 3.63. The Balaban J connectivity index is 1.83. The van der Waals surface area contributed by atoms with Gasteiger partial charge in [0.15, 0.2) is 0 Å². The second-order valence-corrected chi connectivity index (χ2v) is 8.18. The Hall–Kier alpha value is -1.25. The van der Waals surface area contributed by atoms with Crippen molar-refractivity contribution in [2.75, 3.05) is 13.2 Å². The van der Waals surface area contributed by atoms with Gasteiger partial charge in [-0.05, 0) is 70.6 Å². The molecule has 2 heterocycles. The smallest absolute Gasteiger partial charge is 0.491 e. The third-order valence-electron chi connectivity index (χ3n) is 5.49. The quantitative estimate of drug-likeness (QED) is 0.735. The van der Waals surface area contributed by atoms with Crippen LogP contribution in [0.5, 0.6) is 5.75 Å². The fourth-order valence-corrected chi connectivity index (χ4v) is 3.11. The normalized spacial score (nSPS) is 24.9. The van der Waals surface area contributed by atoms with E-state index in [0.717, 1.165) is 31.4 Å². The Kier molecular flexibility index (Phi) is 5.54. The molecule has 8 heteroatoms. The van der Waals surface area contributed by atoms with Crippen LogP contribution in [0.25, 0.3) is 0 Å². The average Bonchev–Trinajstić information content (AvgIpc) is 2.81. The number of alkyl halides is 3. The predicted octanol–water partition coefficient (Wildman–Crippen LogP) is 3.95. The maximum atomic E-state index is 13.4. The third kappa shape index (κ3) is 4.61. The Labute approximate surface area is 158 Å². The number of halogens is 3. The SMILES string of the molecule is CC1(C)OB(c2cc(OCC3CCCCO3)cc(C(F)(F)F)c2)OC1(C)C. The molecule has 1 unspecified atom stereocenters. The first-order chi connectivity index (χ1) is 12.5. The van der Waals surface area contributed by atoms with E-state index in [1.165, 1.54) is 0 Å². The molecule has 27 heavy (non-hydrogen) atoms. The summed E-state index contributed by atoms with van der Waals surface area (Å²) in [6.07, 6.45) is -1.68. The van der Waals surface area contributed by atoms with Crippen molar-refractivity contribution < 1.29 is 32.0 Å². The first kappa shape index (κ1) is 20.5. The van der Waals surface area contributed by atoms with Gasteiger partial charge < -0.3 is 18.8 Å². The number of hydrogen-bond acceptors (Lipinski definition) is 4. The Morgan fingerprint density at radius 1 is 1.07 bits per heavy atom. The fraction of sp³-hybridized carbons (Fsp3) is 0.684. The van der Waals surface area contributed by atoms with Gasteiger partial charge in [-0.2, -0.15) is 13.2 Å². The van der Waals surface area contributed by atoms with Crippen LogP contribution in [-0.4, -0.2) is 37.6 Å². The fourth-order valence-electron chi connectivity index (χ4n) is 3.11. The zero-order chi connectivity index (χ0) is 19.9. The van der Waals surface area contributed by atoms with Gasteiger partial charge in [-0.15, -0.1) is 0 Å². The molecule has 0 aliphatic carbocycles. The van der Waals surface area contributed by atoms with Crippen LogP contribution in [0.1, 0.15) is 52.5 Å². The van der Waals surface area contributed by atoms with E-state index in [2.05, 4.69) is 0 Å². The van der Waals surface area contributed by atoms with Gasteiger partial charge >= 0.3 is 13.3 Å². The van der Waals surface area contributed by atoms with Gasteiger partial charge in [-0.1, -0.05) is 0 Å². The molecule has 0 amide bonds. The second-order valence-electron chi connectivity index (χ2n) is 8.18. The van der Waals surface area contributed by atoms with Crippen molar-refractivity contribution >= 4 is 12.6 Å². The molecule has 2 saturated heterocycles. The molecule has 1 atom stereocenters. The molecule has 0 saturated carbocycles. The first-order valence-electron chi connectivity index (χ1n) is 9.30. The maximum absolute atomic E-state index is 13.4. The van der Waals surface area contributed by atoms with Gasteiger partial charge in [0.2, 0.25) is 0 Å². The minimum atomic E-state index is -4.49. The lowest BCUT2D eigenvalue weighted by molar-refractivity contribution is -0.137. The highest BCUT2D eigenvalue weighted by atomic mass is 19.4. The molecule has 1 aromatic rings. The summed E-state index contributed by atoms with van der Waals surface area (Å²) in [5.74, 6) is 0.142. The van der Waals surface area contributed by atoms with E-state index in [9.17, 15) is 13.2 Å². The topological polar surface area (TPSA) is 36.9 Å². The highest BCUT2D eigenvalue weighted by Gasteiger charge is 2.52. The highest BCUT2D eigenvalue weighted by Crippen LogP contribution is 2.37. The molecular formula is C19H26BF3O4. The Morgan fingerprint density at radius 3 is 2.30 bits per heavy atom. The van der Waals surface area contributed by atoms with E-state index in [1.54, 1.807) is 6.07 Å². The van der Waals surface area contributed by atoms with Crippen LogP contribution < -0.4 is 10.2 Å². The zero-order valence-electron chi connectivity index (χ0n) is 16.2. The van der Waals surface area contributed by atoms with Crippen molar-refractivity contribution in [2.24, 2.45) is 0 Å². The lowest BCUT2D eigenvalue weighted by atomic mass is 9.78. The molecular weight excluding hydrogens is 360 g/mol. The Morgan fingerprint density at radius 2 is 1.74 bits per heavy atom. The van der Waals surface area contributed by atoms with Crippen LogP contribution in [-0.2, 0) is 20.2 Å². The zero-order valence-corrected chi connectivity index (χ0v) is 16.2. The molecule has 2 aliphatic rings. The van der Waals surface area contributed by atoms with E-state index < -0.39 is 30.1 Å². The van der Waals surface area contributed by atoms with Gasteiger partial charge in [0.05, 0.1) is 22.9 Å². The third-order valence-corrected chi connectivity index (χ3v) is 5.49.